The van der Waals surface area contributed by atoms with Crippen LogP contribution in [-0.4, -0.2) is 52.2 Å². The van der Waals surface area contributed by atoms with Gasteiger partial charge >= 0.3 is 6.09 Å². The van der Waals surface area contributed by atoms with E-state index in [0.717, 1.165) is 24.7 Å². The van der Waals surface area contributed by atoms with Crippen LogP contribution < -0.4 is 4.90 Å². The number of amides is 1. The van der Waals surface area contributed by atoms with E-state index >= 15 is 0 Å². The maximum Gasteiger partial charge on any atom is 0.410 e. The van der Waals surface area contributed by atoms with Gasteiger partial charge in [0, 0.05) is 31.9 Å². The monoisotopic (exact) mass is 292 g/mol. The molecular formula is C15H24N4O2. The molecule has 6 heteroatoms. The first-order chi connectivity index (χ1) is 9.76. The Hall–Kier alpha value is -1.85. The molecule has 0 N–H and O–H groups in total. The number of carbonyl (C=O) groups is 1. The maximum absolute atomic E-state index is 12.2. The molecule has 0 saturated carbocycles. The topological polar surface area (TPSA) is 58.6 Å². The van der Waals surface area contributed by atoms with Gasteiger partial charge in [-0.2, -0.15) is 0 Å². The lowest BCUT2D eigenvalue weighted by atomic mass is 10.2. The lowest BCUT2D eigenvalue weighted by Gasteiger charge is -2.40. The van der Waals surface area contributed by atoms with E-state index in [1.807, 2.05) is 40.7 Å². The lowest BCUT2D eigenvalue weighted by Crippen LogP contribution is -2.55. The summed E-state index contributed by atoms with van der Waals surface area (Å²) >= 11 is 0. The summed E-state index contributed by atoms with van der Waals surface area (Å²) in [6.07, 6.45) is 1.52. The predicted octanol–water partition coefficient (Wildman–Crippen LogP) is 2.23. The van der Waals surface area contributed by atoms with Gasteiger partial charge in [-0.05, 0) is 40.7 Å². The van der Waals surface area contributed by atoms with E-state index in [0.29, 0.717) is 6.54 Å². The molecule has 0 bridgehead atoms. The minimum absolute atomic E-state index is 0.0869. The largest absolute Gasteiger partial charge is 0.444 e. The van der Waals surface area contributed by atoms with Crippen molar-refractivity contribution in [1.82, 2.24) is 14.9 Å². The van der Waals surface area contributed by atoms with Gasteiger partial charge in [0.15, 0.2) is 0 Å². The molecule has 1 atom stereocenters. The van der Waals surface area contributed by atoms with Gasteiger partial charge in [-0.25, -0.2) is 14.8 Å². The maximum atomic E-state index is 12.2. The number of anilines is 1. The summed E-state index contributed by atoms with van der Waals surface area (Å²) in [6.45, 7) is 11.7. The Labute approximate surface area is 126 Å². The van der Waals surface area contributed by atoms with Crippen molar-refractivity contribution in [3.63, 3.8) is 0 Å². The lowest BCUT2D eigenvalue weighted by molar-refractivity contribution is 0.0158. The van der Waals surface area contributed by atoms with Crippen LogP contribution in [0.4, 0.5) is 10.6 Å². The molecule has 1 aromatic heterocycles. The third-order valence-corrected chi connectivity index (χ3v) is 3.34. The third-order valence-electron chi connectivity index (χ3n) is 3.34. The Morgan fingerprint density at radius 2 is 2.10 bits per heavy atom. The van der Waals surface area contributed by atoms with Gasteiger partial charge in [-0.3, -0.25) is 0 Å². The SMILES string of the molecule is Cc1nccc(N2CCN(C(=O)OC(C)(C)C)[C@@H](C)C2)n1. The standard InChI is InChI=1S/C15H24N4O2/c1-11-10-18(13-6-7-16-12(2)17-13)8-9-19(11)14(20)21-15(3,4)5/h6-7,11H,8-10H2,1-5H3/t11-/m0/s1. The molecule has 0 spiro atoms. The molecule has 1 aliphatic rings. The van der Waals surface area contributed by atoms with E-state index in [4.69, 9.17) is 4.74 Å². The van der Waals surface area contributed by atoms with Crippen LogP contribution in [-0.2, 0) is 4.74 Å². The van der Waals surface area contributed by atoms with E-state index in [-0.39, 0.29) is 12.1 Å². The molecular weight excluding hydrogens is 268 g/mol. The average molecular weight is 292 g/mol. The van der Waals surface area contributed by atoms with Crippen molar-refractivity contribution >= 4 is 11.9 Å². The molecule has 0 aliphatic carbocycles. The van der Waals surface area contributed by atoms with Gasteiger partial charge in [-0.1, -0.05) is 0 Å². The second kappa shape index (κ2) is 5.87. The minimum Gasteiger partial charge on any atom is -0.444 e. The van der Waals surface area contributed by atoms with E-state index in [1.54, 1.807) is 11.1 Å². The number of nitrogens with zero attached hydrogens (tertiary/aromatic N) is 4. The number of aryl methyl sites for hydroxylation is 1. The quantitative estimate of drug-likeness (QED) is 0.794. The first kappa shape index (κ1) is 15.5. The van der Waals surface area contributed by atoms with Gasteiger partial charge in [0.05, 0.1) is 0 Å². The Balaban J connectivity index is 2.01. The van der Waals surface area contributed by atoms with E-state index in [9.17, 15) is 4.79 Å². The van der Waals surface area contributed by atoms with Crippen molar-refractivity contribution in [3.05, 3.63) is 18.1 Å². The van der Waals surface area contributed by atoms with Crippen molar-refractivity contribution in [1.29, 1.82) is 0 Å². The van der Waals surface area contributed by atoms with E-state index in [2.05, 4.69) is 14.9 Å². The van der Waals surface area contributed by atoms with Crippen LogP contribution in [0.2, 0.25) is 0 Å². The highest BCUT2D eigenvalue weighted by molar-refractivity contribution is 5.69. The minimum atomic E-state index is -0.461. The summed E-state index contributed by atoms with van der Waals surface area (Å²) in [4.78, 5) is 24.7. The zero-order valence-electron chi connectivity index (χ0n) is 13.5. The zero-order valence-corrected chi connectivity index (χ0v) is 13.5. The molecule has 1 aliphatic heterocycles. The van der Waals surface area contributed by atoms with Crippen molar-refractivity contribution < 1.29 is 9.53 Å². The van der Waals surface area contributed by atoms with Gasteiger partial charge in [0.25, 0.3) is 0 Å². The summed E-state index contributed by atoms with van der Waals surface area (Å²) in [6, 6.07) is 1.99. The molecule has 1 saturated heterocycles. The van der Waals surface area contributed by atoms with Gasteiger partial charge in [0.1, 0.15) is 17.2 Å². The molecule has 0 unspecified atom stereocenters. The Kier molecular flexibility index (Phi) is 4.34. The molecule has 1 aromatic rings. The molecule has 116 valence electrons. The van der Waals surface area contributed by atoms with E-state index < -0.39 is 5.60 Å². The third kappa shape index (κ3) is 4.06. The number of rotatable bonds is 1. The molecule has 21 heavy (non-hydrogen) atoms. The summed E-state index contributed by atoms with van der Waals surface area (Å²) < 4.78 is 5.45. The number of ether oxygens (including phenoxy) is 1. The smallest absolute Gasteiger partial charge is 0.410 e. The fourth-order valence-electron chi connectivity index (χ4n) is 2.38. The zero-order chi connectivity index (χ0) is 15.6. The Morgan fingerprint density at radius 3 is 2.67 bits per heavy atom. The van der Waals surface area contributed by atoms with Crippen LogP contribution in [0, 0.1) is 6.92 Å². The fourth-order valence-corrected chi connectivity index (χ4v) is 2.38. The summed E-state index contributed by atoms with van der Waals surface area (Å²) in [5, 5.41) is 0. The highest BCUT2D eigenvalue weighted by Crippen LogP contribution is 2.19. The van der Waals surface area contributed by atoms with Crippen molar-refractivity contribution in [2.24, 2.45) is 0 Å². The molecule has 6 nitrogen and oxygen atoms in total. The summed E-state index contributed by atoms with van der Waals surface area (Å²) in [5.41, 5.74) is -0.461. The van der Waals surface area contributed by atoms with Crippen LogP contribution in [0.1, 0.15) is 33.5 Å². The molecule has 0 radical (unpaired) electrons. The number of carbonyl (C=O) groups excluding carboxylic acids is 1. The number of hydrogen-bond acceptors (Lipinski definition) is 5. The van der Waals surface area contributed by atoms with Crippen LogP contribution >= 0.6 is 0 Å². The number of piperazine rings is 1. The van der Waals surface area contributed by atoms with Crippen molar-refractivity contribution in [2.45, 2.75) is 46.3 Å². The second-order valence-electron chi connectivity index (χ2n) is 6.43. The number of aromatic nitrogens is 2. The van der Waals surface area contributed by atoms with Crippen LogP contribution in [0.25, 0.3) is 0 Å². The average Bonchev–Trinajstić information content (AvgIpc) is 2.36. The van der Waals surface area contributed by atoms with Gasteiger partial charge in [-0.15, -0.1) is 0 Å². The normalized spacial score (nSPS) is 19.6. The Bertz CT molecular complexity index is 513. The predicted molar refractivity (Wildman–Crippen MR) is 81.4 cm³/mol. The van der Waals surface area contributed by atoms with Gasteiger partial charge in [0.2, 0.25) is 0 Å². The van der Waals surface area contributed by atoms with Gasteiger partial charge < -0.3 is 14.5 Å². The van der Waals surface area contributed by atoms with Crippen LogP contribution in [0.3, 0.4) is 0 Å². The summed E-state index contributed by atoms with van der Waals surface area (Å²) in [5.74, 6) is 1.67. The van der Waals surface area contributed by atoms with Crippen LogP contribution in [0.5, 0.6) is 0 Å². The Morgan fingerprint density at radius 1 is 1.38 bits per heavy atom. The molecule has 1 fully saturated rings. The highest BCUT2D eigenvalue weighted by atomic mass is 16.6. The van der Waals surface area contributed by atoms with Crippen molar-refractivity contribution in [2.75, 3.05) is 24.5 Å². The fraction of sp³-hybridized carbons (Fsp3) is 0.667. The highest BCUT2D eigenvalue weighted by Gasteiger charge is 2.31. The molecule has 2 rings (SSSR count). The molecule has 1 amide bonds. The first-order valence-electron chi connectivity index (χ1n) is 7.30. The van der Waals surface area contributed by atoms with Crippen molar-refractivity contribution in [3.8, 4) is 0 Å². The molecule has 0 aromatic carbocycles. The first-order valence-corrected chi connectivity index (χ1v) is 7.30. The summed E-state index contributed by atoms with van der Waals surface area (Å²) in [7, 11) is 0. The van der Waals surface area contributed by atoms with Crippen LogP contribution in [0.15, 0.2) is 12.3 Å². The van der Waals surface area contributed by atoms with E-state index in [1.165, 1.54) is 0 Å². The number of hydrogen-bond donors (Lipinski definition) is 0. The second-order valence-corrected chi connectivity index (χ2v) is 6.43. The molecule has 2 heterocycles.